The van der Waals surface area contributed by atoms with Crippen LogP contribution in [0.2, 0.25) is 0 Å². The highest BCUT2D eigenvalue weighted by atomic mass is 16.5. The predicted molar refractivity (Wildman–Crippen MR) is 59.6 cm³/mol. The Hall–Kier alpha value is -0.120. The van der Waals surface area contributed by atoms with Crippen molar-refractivity contribution in [3.63, 3.8) is 0 Å². The van der Waals surface area contributed by atoms with Crippen molar-refractivity contribution in [2.45, 2.75) is 45.2 Å². The van der Waals surface area contributed by atoms with E-state index in [0.29, 0.717) is 6.04 Å². The molecule has 1 aliphatic rings. The molecule has 0 saturated heterocycles. The lowest BCUT2D eigenvalue weighted by Gasteiger charge is -2.13. The Labute approximate surface area is 87.6 Å². The summed E-state index contributed by atoms with van der Waals surface area (Å²) in [6, 6.07) is 1.42. The molecule has 1 rings (SSSR count). The van der Waals surface area contributed by atoms with Crippen molar-refractivity contribution in [2.75, 3.05) is 26.3 Å². The Bertz CT molecular complexity index is 137. The summed E-state index contributed by atoms with van der Waals surface area (Å²) in [7, 11) is 0. The molecule has 0 amide bonds. The van der Waals surface area contributed by atoms with Gasteiger partial charge in [0.15, 0.2) is 0 Å². The summed E-state index contributed by atoms with van der Waals surface area (Å²) in [4.78, 5) is 0. The molecule has 0 aromatic rings. The van der Waals surface area contributed by atoms with Gasteiger partial charge in [-0.05, 0) is 39.7 Å². The van der Waals surface area contributed by atoms with Gasteiger partial charge in [0.25, 0.3) is 0 Å². The van der Waals surface area contributed by atoms with Crippen molar-refractivity contribution in [2.24, 2.45) is 0 Å². The first kappa shape index (κ1) is 12.0. The Morgan fingerprint density at radius 1 is 1.43 bits per heavy atom. The van der Waals surface area contributed by atoms with Crippen LogP contribution in [-0.4, -0.2) is 38.4 Å². The lowest BCUT2D eigenvalue weighted by Crippen LogP contribution is -2.37. The first-order chi connectivity index (χ1) is 6.83. The third-order valence-electron chi connectivity index (χ3n) is 2.39. The lowest BCUT2D eigenvalue weighted by atomic mass is 10.3. The molecule has 0 radical (unpaired) electrons. The molecule has 2 N–H and O–H groups in total. The van der Waals surface area contributed by atoms with E-state index in [1.807, 2.05) is 6.92 Å². The molecule has 84 valence electrons. The summed E-state index contributed by atoms with van der Waals surface area (Å²) in [6.45, 7) is 8.13. The summed E-state index contributed by atoms with van der Waals surface area (Å²) in [5, 5.41) is 7.00. The second kappa shape index (κ2) is 7.21. The van der Waals surface area contributed by atoms with Crippen molar-refractivity contribution in [3.8, 4) is 0 Å². The van der Waals surface area contributed by atoms with Gasteiger partial charge in [0.05, 0.1) is 0 Å². The number of nitrogens with one attached hydrogen (secondary N) is 2. The minimum Gasteiger partial charge on any atom is -0.382 e. The van der Waals surface area contributed by atoms with E-state index in [9.17, 15) is 0 Å². The molecule has 1 aliphatic carbocycles. The van der Waals surface area contributed by atoms with Gasteiger partial charge < -0.3 is 15.4 Å². The molecule has 0 aliphatic heterocycles. The average Bonchev–Trinajstić information content (AvgIpc) is 2.95. The van der Waals surface area contributed by atoms with Crippen LogP contribution in [0.5, 0.6) is 0 Å². The Balaban J connectivity index is 1.77. The van der Waals surface area contributed by atoms with E-state index in [1.54, 1.807) is 0 Å². The molecule has 14 heavy (non-hydrogen) atoms. The van der Waals surface area contributed by atoms with Gasteiger partial charge in [0, 0.05) is 31.8 Å². The van der Waals surface area contributed by atoms with Crippen molar-refractivity contribution in [1.82, 2.24) is 10.6 Å². The maximum Gasteiger partial charge on any atom is 0.0477 e. The lowest BCUT2D eigenvalue weighted by molar-refractivity contribution is 0.144. The minimum absolute atomic E-state index is 0.606. The largest absolute Gasteiger partial charge is 0.382 e. The van der Waals surface area contributed by atoms with Crippen molar-refractivity contribution >= 4 is 0 Å². The van der Waals surface area contributed by atoms with Crippen LogP contribution in [0.3, 0.4) is 0 Å². The quantitative estimate of drug-likeness (QED) is 0.548. The molecular formula is C11H24N2O. The van der Waals surface area contributed by atoms with E-state index in [0.717, 1.165) is 38.8 Å². The molecule has 1 atom stereocenters. The fraction of sp³-hybridized carbons (Fsp3) is 1.00. The second-order valence-electron chi connectivity index (χ2n) is 4.10. The standard InChI is InChI=1S/C11H24N2O/c1-3-14-8-4-7-12-9-10(2)13-11-5-6-11/h10-13H,3-9H2,1-2H3. The van der Waals surface area contributed by atoms with Crippen LogP contribution < -0.4 is 10.6 Å². The normalized spacial score (nSPS) is 18.4. The van der Waals surface area contributed by atoms with Gasteiger partial charge in [0.2, 0.25) is 0 Å². The van der Waals surface area contributed by atoms with Crippen LogP contribution >= 0.6 is 0 Å². The van der Waals surface area contributed by atoms with E-state index in [-0.39, 0.29) is 0 Å². The fourth-order valence-corrected chi connectivity index (χ4v) is 1.47. The van der Waals surface area contributed by atoms with Crippen LogP contribution in [0.25, 0.3) is 0 Å². The van der Waals surface area contributed by atoms with Crippen molar-refractivity contribution in [1.29, 1.82) is 0 Å². The minimum atomic E-state index is 0.606. The van der Waals surface area contributed by atoms with Crippen LogP contribution in [0.1, 0.15) is 33.1 Å². The maximum absolute atomic E-state index is 5.26. The summed E-state index contributed by atoms with van der Waals surface area (Å²) in [5.41, 5.74) is 0. The first-order valence-corrected chi connectivity index (χ1v) is 5.87. The van der Waals surface area contributed by atoms with E-state index in [4.69, 9.17) is 4.74 Å². The molecule has 0 aromatic carbocycles. The third-order valence-corrected chi connectivity index (χ3v) is 2.39. The smallest absolute Gasteiger partial charge is 0.0477 e. The van der Waals surface area contributed by atoms with Gasteiger partial charge in [-0.15, -0.1) is 0 Å². The highest BCUT2D eigenvalue weighted by molar-refractivity contribution is 4.83. The number of hydrogen-bond acceptors (Lipinski definition) is 3. The monoisotopic (exact) mass is 200 g/mol. The van der Waals surface area contributed by atoms with E-state index >= 15 is 0 Å². The zero-order valence-electron chi connectivity index (χ0n) is 9.51. The number of rotatable bonds is 9. The van der Waals surface area contributed by atoms with Crippen LogP contribution in [0.15, 0.2) is 0 Å². The third kappa shape index (κ3) is 6.35. The summed E-state index contributed by atoms with van der Waals surface area (Å²) < 4.78 is 5.26. The Morgan fingerprint density at radius 3 is 2.86 bits per heavy atom. The van der Waals surface area contributed by atoms with Crippen molar-refractivity contribution < 1.29 is 4.74 Å². The molecule has 1 fully saturated rings. The van der Waals surface area contributed by atoms with E-state index in [2.05, 4.69) is 17.6 Å². The van der Waals surface area contributed by atoms with Gasteiger partial charge >= 0.3 is 0 Å². The van der Waals surface area contributed by atoms with Gasteiger partial charge in [-0.2, -0.15) is 0 Å². The predicted octanol–water partition coefficient (Wildman–Crippen LogP) is 1.14. The zero-order chi connectivity index (χ0) is 10.2. The van der Waals surface area contributed by atoms with E-state index < -0.39 is 0 Å². The molecule has 0 spiro atoms. The van der Waals surface area contributed by atoms with Crippen molar-refractivity contribution in [3.05, 3.63) is 0 Å². The van der Waals surface area contributed by atoms with Gasteiger partial charge in [-0.3, -0.25) is 0 Å². The van der Waals surface area contributed by atoms with Gasteiger partial charge in [-0.25, -0.2) is 0 Å². The number of hydrogen-bond donors (Lipinski definition) is 2. The molecule has 1 unspecified atom stereocenters. The molecule has 1 saturated carbocycles. The summed E-state index contributed by atoms with van der Waals surface area (Å²) in [5.74, 6) is 0. The van der Waals surface area contributed by atoms with Crippen LogP contribution in [-0.2, 0) is 4.74 Å². The Morgan fingerprint density at radius 2 is 2.21 bits per heavy atom. The van der Waals surface area contributed by atoms with Gasteiger partial charge in [-0.1, -0.05) is 0 Å². The Kier molecular flexibility index (Phi) is 6.15. The van der Waals surface area contributed by atoms with Gasteiger partial charge in [0.1, 0.15) is 0 Å². The first-order valence-electron chi connectivity index (χ1n) is 5.87. The molecule has 3 nitrogen and oxygen atoms in total. The SMILES string of the molecule is CCOCCCNCC(C)NC1CC1. The highest BCUT2D eigenvalue weighted by Crippen LogP contribution is 2.18. The zero-order valence-corrected chi connectivity index (χ0v) is 9.51. The van der Waals surface area contributed by atoms with E-state index in [1.165, 1.54) is 12.8 Å². The van der Waals surface area contributed by atoms with Crippen LogP contribution in [0, 0.1) is 0 Å². The molecule has 3 heteroatoms. The number of ether oxygens (including phenoxy) is 1. The average molecular weight is 200 g/mol. The molecule has 0 aromatic heterocycles. The summed E-state index contributed by atoms with van der Waals surface area (Å²) >= 11 is 0. The topological polar surface area (TPSA) is 33.3 Å². The van der Waals surface area contributed by atoms with Crippen LogP contribution in [0.4, 0.5) is 0 Å². The fourth-order valence-electron chi connectivity index (χ4n) is 1.47. The molecular weight excluding hydrogens is 176 g/mol. The second-order valence-corrected chi connectivity index (χ2v) is 4.10. The molecule has 0 bridgehead atoms. The maximum atomic E-state index is 5.26. The summed E-state index contributed by atoms with van der Waals surface area (Å²) in [6.07, 6.45) is 3.85. The molecule has 0 heterocycles. The highest BCUT2D eigenvalue weighted by Gasteiger charge is 2.22.